The summed E-state index contributed by atoms with van der Waals surface area (Å²) in [6.07, 6.45) is 23.4. The van der Waals surface area contributed by atoms with Crippen molar-refractivity contribution in [2.45, 2.75) is 117 Å². The molecular weight excluding hydrogens is 230 g/mol. The molecule has 0 spiro atoms. The van der Waals surface area contributed by atoms with Crippen molar-refractivity contribution in [1.82, 2.24) is 0 Å². The standard InChI is InChI=1S/C18H38.2Li.2H/c1-3-5-7-9-11-13-15-17-18-16-14-12-10-8-6-4-2;;;;/h3-18H2,1-2H3;;;;. The van der Waals surface area contributed by atoms with Crippen LogP contribution < -0.4 is 0 Å². The molecule has 0 nitrogen and oxygen atoms in total. The first-order valence-corrected chi connectivity index (χ1v) is 8.91. The second-order valence-corrected chi connectivity index (χ2v) is 5.95. The van der Waals surface area contributed by atoms with Crippen molar-refractivity contribution in [2.75, 3.05) is 0 Å². The SMILES string of the molecule is CCCCCCCCCCCCCCCCCC.[LiH].[LiH]. The molecule has 0 bridgehead atoms. The van der Waals surface area contributed by atoms with Gasteiger partial charge in [0.1, 0.15) is 0 Å². The first-order chi connectivity index (χ1) is 8.91. The zero-order valence-electron chi connectivity index (χ0n) is 13.3. The minimum absolute atomic E-state index is 0. The van der Waals surface area contributed by atoms with Crippen LogP contribution in [0.3, 0.4) is 0 Å². The Morgan fingerprint density at radius 2 is 0.450 bits per heavy atom. The molecule has 0 unspecified atom stereocenters. The third-order valence-corrected chi connectivity index (χ3v) is 3.96. The summed E-state index contributed by atoms with van der Waals surface area (Å²) in [5.74, 6) is 0. The van der Waals surface area contributed by atoms with Gasteiger partial charge in [0, 0.05) is 0 Å². The summed E-state index contributed by atoms with van der Waals surface area (Å²) >= 11 is 0. The van der Waals surface area contributed by atoms with Crippen LogP contribution in [0.15, 0.2) is 0 Å². The summed E-state index contributed by atoms with van der Waals surface area (Å²) in [4.78, 5) is 0. The molecule has 0 rings (SSSR count). The maximum absolute atomic E-state index is 2.29. The Bertz CT molecular complexity index is 121. The predicted octanol–water partition coefficient (Wildman–Crippen LogP) is 5.97. The van der Waals surface area contributed by atoms with E-state index < -0.39 is 0 Å². The van der Waals surface area contributed by atoms with Crippen LogP contribution in [0.1, 0.15) is 117 Å². The van der Waals surface area contributed by atoms with E-state index in [2.05, 4.69) is 13.8 Å². The van der Waals surface area contributed by atoms with E-state index in [9.17, 15) is 0 Å². The van der Waals surface area contributed by atoms with Crippen LogP contribution in [0.25, 0.3) is 0 Å². The van der Waals surface area contributed by atoms with Gasteiger partial charge in [0.15, 0.2) is 0 Å². The Hall–Kier alpha value is 1.19. The van der Waals surface area contributed by atoms with Crippen LogP contribution in [-0.4, -0.2) is 37.7 Å². The van der Waals surface area contributed by atoms with Crippen LogP contribution in [0.5, 0.6) is 0 Å². The van der Waals surface area contributed by atoms with Gasteiger partial charge in [0.2, 0.25) is 0 Å². The first-order valence-electron chi connectivity index (χ1n) is 8.91. The van der Waals surface area contributed by atoms with Gasteiger partial charge in [-0.05, 0) is 0 Å². The van der Waals surface area contributed by atoms with Gasteiger partial charge in [-0.25, -0.2) is 0 Å². The summed E-state index contributed by atoms with van der Waals surface area (Å²) in [6, 6.07) is 0. The first kappa shape index (κ1) is 26.1. The van der Waals surface area contributed by atoms with Gasteiger partial charge >= 0.3 is 37.7 Å². The van der Waals surface area contributed by atoms with E-state index >= 15 is 0 Å². The fourth-order valence-corrected chi connectivity index (χ4v) is 2.62. The fraction of sp³-hybridized carbons (Fsp3) is 1.00. The Morgan fingerprint density at radius 3 is 0.600 bits per heavy atom. The zero-order valence-corrected chi connectivity index (χ0v) is 13.3. The summed E-state index contributed by atoms with van der Waals surface area (Å²) < 4.78 is 0. The van der Waals surface area contributed by atoms with Gasteiger partial charge in [0.05, 0.1) is 0 Å². The van der Waals surface area contributed by atoms with Gasteiger partial charge < -0.3 is 0 Å². The number of unbranched alkanes of at least 4 members (excludes halogenated alkanes) is 15. The van der Waals surface area contributed by atoms with Crippen molar-refractivity contribution in [1.29, 1.82) is 0 Å². The number of hydrogen-bond donors (Lipinski definition) is 0. The van der Waals surface area contributed by atoms with Crippen LogP contribution in [-0.2, 0) is 0 Å². The van der Waals surface area contributed by atoms with E-state index in [-0.39, 0.29) is 37.7 Å². The minimum atomic E-state index is 0. The Kier molecular flexibility index (Phi) is 32.9. The molecule has 0 aromatic carbocycles. The molecule has 20 heavy (non-hydrogen) atoms. The predicted molar refractivity (Wildman–Crippen MR) is 99.5 cm³/mol. The average molecular weight is 270 g/mol. The average Bonchev–Trinajstić information content (AvgIpc) is 2.39. The molecule has 0 saturated carbocycles. The Balaban J connectivity index is -0.00000144. The third kappa shape index (κ3) is 24.2. The molecule has 2 heteroatoms. The molecule has 0 aliphatic rings. The number of rotatable bonds is 15. The van der Waals surface area contributed by atoms with Crippen LogP contribution in [0.2, 0.25) is 0 Å². The molecule has 0 heterocycles. The van der Waals surface area contributed by atoms with Crippen LogP contribution in [0, 0.1) is 0 Å². The molecule has 0 amide bonds. The molecule has 0 aromatic rings. The Morgan fingerprint density at radius 1 is 0.300 bits per heavy atom. The molecule has 0 aromatic heterocycles. The van der Waals surface area contributed by atoms with Crippen molar-refractivity contribution < 1.29 is 0 Å². The van der Waals surface area contributed by atoms with E-state index in [0.29, 0.717) is 0 Å². The number of hydrogen-bond acceptors (Lipinski definition) is 0. The van der Waals surface area contributed by atoms with Crippen LogP contribution >= 0.6 is 0 Å². The zero-order chi connectivity index (χ0) is 13.3. The van der Waals surface area contributed by atoms with E-state index in [1.807, 2.05) is 0 Å². The topological polar surface area (TPSA) is 0 Å². The summed E-state index contributed by atoms with van der Waals surface area (Å²) in [7, 11) is 0. The van der Waals surface area contributed by atoms with Gasteiger partial charge in [-0.2, -0.15) is 0 Å². The Labute approximate surface area is 154 Å². The monoisotopic (exact) mass is 270 g/mol. The second kappa shape index (κ2) is 25.2. The third-order valence-electron chi connectivity index (χ3n) is 3.96. The van der Waals surface area contributed by atoms with Gasteiger partial charge in [-0.1, -0.05) is 117 Å². The van der Waals surface area contributed by atoms with Crippen molar-refractivity contribution >= 4 is 37.7 Å². The molecular formula is C18H40Li2. The van der Waals surface area contributed by atoms with Gasteiger partial charge in [-0.3, -0.25) is 0 Å². The normalized spacial score (nSPS) is 9.90. The van der Waals surface area contributed by atoms with Crippen molar-refractivity contribution in [3.63, 3.8) is 0 Å². The van der Waals surface area contributed by atoms with Crippen molar-refractivity contribution in [3.8, 4) is 0 Å². The molecule has 0 fully saturated rings. The molecule has 0 radical (unpaired) electrons. The quantitative estimate of drug-likeness (QED) is 0.254. The van der Waals surface area contributed by atoms with E-state index in [0.717, 1.165) is 0 Å². The molecule has 0 aliphatic heterocycles. The molecule has 0 aliphatic carbocycles. The van der Waals surface area contributed by atoms with Crippen molar-refractivity contribution in [3.05, 3.63) is 0 Å². The second-order valence-electron chi connectivity index (χ2n) is 5.95. The van der Waals surface area contributed by atoms with Crippen LogP contribution in [0.4, 0.5) is 0 Å². The van der Waals surface area contributed by atoms with E-state index in [1.165, 1.54) is 103 Å². The maximum atomic E-state index is 2.29. The molecule has 0 atom stereocenters. The molecule has 114 valence electrons. The summed E-state index contributed by atoms with van der Waals surface area (Å²) in [6.45, 7) is 4.59. The fourth-order valence-electron chi connectivity index (χ4n) is 2.62. The molecule has 0 saturated heterocycles. The van der Waals surface area contributed by atoms with Crippen molar-refractivity contribution in [2.24, 2.45) is 0 Å². The van der Waals surface area contributed by atoms with E-state index in [1.54, 1.807) is 0 Å². The summed E-state index contributed by atoms with van der Waals surface area (Å²) in [5, 5.41) is 0. The van der Waals surface area contributed by atoms with Gasteiger partial charge in [0.25, 0.3) is 0 Å². The summed E-state index contributed by atoms with van der Waals surface area (Å²) in [5.41, 5.74) is 0. The molecule has 0 N–H and O–H groups in total. The van der Waals surface area contributed by atoms with E-state index in [4.69, 9.17) is 0 Å². The van der Waals surface area contributed by atoms with Gasteiger partial charge in [-0.15, -0.1) is 0 Å².